The van der Waals surface area contributed by atoms with Crippen LogP contribution in [0, 0.1) is 0 Å². The Balaban J connectivity index is 1.98. The van der Waals surface area contributed by atoms with Crippen LogP contribution in [-0.4, -0.2) is 58.0 Å². The van der Waals surface area contributed by atoms with E-state index in [-0.39, 0.29) is 12.0 Å². The van der Waals surface area contributed by atoms with Crippen molar-refractivity contribution in [1.29, 1.82) is 0 Å². The monoisotopic (exact) mass is 451 g/mol. The third-order valence-corrected chi connectivity index (χ3v) is 5.62. The van der Waals surface area contributed by atoms with Gasteiger partial charge in [-0.3, -0.25) is 4.79 Å². The van der Waals surface area contributed by atoms with Crippen molar-refractivity contribution in [2.45, 2.75) is 45.6 Å². The molecule has 33 heavy (non-hydrogen) atoms. The fourth-order valence-electron chi connectivity index (χ4n) is 3.69. The van der Waals surface area contributed by atoms with Crippen LogP contribution in [0.1, 0.15) is 55.6 Å². The molecule has 0 aromatic carbocycles. The van der Waals surface area contributed by atoms with Crippen LogP contribution < -0.4 is 10.6 Å². The molecule has 1 unspecified atom stereocenters. The Morgan fingerprint density at radius 1 is 1.39 bits per heavy atom. The number of carbonyl (C=O) groups is 1. The van der Waals surface area contributed by atoms with Crippen LogP contribution in [0.15, 0.2) is 42.1 Å². The number of allylic oxidation sites excluding steroid dienone is 3. The van der Waals surface area contributed by atoms with Gasteiger partial charge in [-0.2, -0.15) is 10.2 Å². The highest BCUT2D eigenvalue weighted by Crippen LogP contribution is 2.29. The van der Waals surface area contributed by atoms with Crippen molar-refractivity contribution >= 4 is 35.7 Å². The van der Waals surface area contributed by atoms with Gasteiger partial charge in [-0.25, -0.2) is 14.4 Å². The number of amides is 1. The summed E-state index contributed by atoms with van der Waals surface area (Å²) in [7, 11) is 1.67. The Hall–Kier alpha value is -3.30. The summed E-state index contributed by atoms with van der Waals surface area (Å²) in [4.78, 5) is 17.5. The summed E-state index contributed by atoms with van der Waals surface area (Å²) in [5, 5.41) is 15.5. The van der Waals surface area contributed by atoms with Gasteiger partial charge >= 0.3 is 0 Å². The van der Waals surface area contributed by atoms with Gasteiger partial charge in [-0.15, -0.1) is 0 Å². The zero-order chi connectivity index (χ0) is 23.8. The van der Waals surface area contributed by atoms with Crippen LogP contribution in [0.5, 0.6) is 0 Å². The highest BCUT2D eigenvalue weighted by Gasteiger charge is 2.23. The van der Waals surface area contributed by atoms with Crippen molar-refractivity contribution < 1.29 is 9.53 Å². The SMILES string of the molecule is C=Cn1ncc(C(=O)Nc2cc(C3CCNCC3)nn2C(/C=C\C(C)OC)=C/C)c1/N=C\C. The Morgan fingerprint density at radius 2 is 2.15 bits per heavy atom. The molecule has 0 bridgehead atoms. The number of nitrogens with one attached hydrogen (secondary N) is 2. The van der Waals surface area contributed by atoms with Crippen molar-refractivity contribution in [2.75, 3.05) is 25.5 Å². The molecule has 176 valence electrons. The number of hydrogen-bond donors (Lipinski definition) is 2. The minimum absolute atomic E-state index is 0.0448. The number of hydrogen-bond acceptors (Lipinski definition) is 6. The van der Waals surface area contributed by atoms with E-state index in [0.29, 0.717) is 23.1 Å². The van der Waals surface area contributed by atoms with Crippen LogP contribution >= 0.6 is 0 Å². The summed E-state index contributed by atoms with van der Waals surface area (Å²) in [6.07, 6.45) is 12.4. The van der Waals surface area contributed by atoms with Gasteiger partial charge in [0.05, 0.1) is 23.7 Å². The molecule has 9 nitrogen and oxygen atoms in total. The Kier molecular flexibility index (Phi) is 8.51. The lowest BCUT2D eigenvalue weighted by Gasteiger charge is -2.20. The average Bonchev–Trinajstić information content (AvgIpc) is 3.44. The fraction of sp³-hybridized carbons (Fsp3) is 0.417. The van der Waals surface area contributed by atoms with Gasteiger partial charge in [0.25, 0.3) is 5.91 Å². The second-order valence-corrected chi connectivity index (χ2v) is 7.75. The molecule has 9 heteroatoms. The van der Waals surface area contributed by atoms with Gasteiger partial charge in [0.2, 0.25) is 0 Å². The zero-order valence-corrected chi connectivity index (χ0v) is 19.8. The molecule has 0 aliphatic carbocycles. The van der Waals surface area contributed by atoms with Crippen LogP contribution in [-0.2, 0) is 4.74 Å². The molecule has 3 rings (SSSR count). The molecule has 1 aliphatic rings. The largest absolute Gasteiger partial charge is 0.378 e. The third-order valence-electron chi connectivity index (χ3n) is 5.62. The summed E-state index contributed by atoms with van der Waals surface area (Å²) >= 11 is 0. The molecule has 1 amide bonds. The van der Waals surface area contributed by atoms with Crippen LogP contribution in [0.25, 0.3) is 11.9 Å². The van der Waals surface area contributed by atoms with Crippen molar-refractivity contribution in [3.8, 4) is 0 Å². The number of methoxy groups -OCH3 is 1. The van der Waals surface area contributed by atoms with Gasteiger partial charge in [0.15, 0.2) is 5.82 Å². The lowest BCUT2D eigenvalue weighted by molar-refractivity contribution is 0.102. The van der Waals surface area contributed by atoms with Crippen LogP contribution in [0.2, 0.25) is 0 Å². The molecular formula is C24H33N7O2. The lowest BCUT2D eigenvalue weighted by Crippen LogP contribution is -2.26. The minimum atomic E-state index is -0.314. The topological polar surface area (TPSA) is 98.4 Å². The maximum absolute atomic E-state index is 13.2. The number of anilines is 1. The van der Waals surface area contributed by atoms with E-state index in [1.807, 2.05) is 38.1 Å². The highest BCUT2D eigenvalue weighted by molar-refractivity contribution is 6.07. The molecule has 3 heterocycles. The summed E-state index contributed by atoms with van der Waals surface area (Å²) in [6.45, 7) is 11.3. The Bertz CT molecular complexity index is 1060. The van der Waals surface area contributed by atoms with Gasteiger partial charge in [-0.1, -0.05) is 18.7 Å². The second-order valence-electron chi connectivity index (χ2n) is 7.75. The minimum Gasteiger partial charge on any atom is -0.378 e. The third kappa shape index (κ3) is 5.74. The molecule has 0 radical (unpaired) electrons. The van der Waals surface area contributed by atoms with E-state index in [1.165, 1.54) is 17.1 Å². The molecule has 1 fully saturated rings. The maximum atomic E-state index is 13.2. The Labute approximate surface area is 194 Å². The first kappa shape index (κ1) is 24.3. The Morgan fingerprint density at radius 3 is 2.79 bits per heavy atom. The number of ether oxygens (including phenoxy) is 1. The molecule has 1 aliphatic heterocycles. The first-order chi connectivity index (χ1) is 16.0. The van der Waals surface area contributed by atoms with Crippen molar-refractivity contribution in [3.05, 3.63) is 48.3 Å². The van der Waals surface area contributed by atoms with Gasteiger partial charge in [-0.05, 0) is 52.8 Å². The normalized spacial score (nSPS) is 16.5. The molecule has 0 spiro atoms. The van der Waals surface area contributed by atoms with E-state index in [1.54, 1.807) is 24.9 Å². The number of carbonyl (C=O) groups excluding carboxylic acids is 1. The quantitative estimate of drug-likeness (QED) is 0.442. The molecule has 2 aromatic heterocycles. The van der Waals surface area contributed by atoms with E-state index in [2.05, 4.69) is 27.3 Å². The molecule has 2 N–H and O–H groups in total. The number of piperidine rings is 1. The van der Waals surface area contributed by atoms with Gasteiger partial charge < -0.3 is 15.4 Å². The van der Waals surface area contributed by atoms with Crippen LogP contribution in [0.3, 0.4) is 0 Å². The predicted molar refractivity (Wildman–Crippen MR) is 133 cm³/mol. The summed E-state index contributed by atoms with van der Waals surface area (Å²) in [5.41, 5.74) is 2.16. The molecule has 1 atom stereocenters. The number of rotatable bonds is 9. The summed E-state index contributed by atoms with van der Waals surface area (Å²) in [6, 6.07) is 1.96. The van der Waals surface area contributed by atoms with Gasteiger partial charge in [0.1, 0.15) is 11.4 Å². The lowest BCUT2D eigenvalue weighted by atomic mass is 9.95. The summed E-state index contributed by atoms with van der Waals surface area (Å²) < 4.78 is 8.58. The highest BCUT2D eigenvalue weighted by atomic mass is 16.5. The predicted octanol–water partition coefficient (Wildman–Crippen LogP) is 4.07. The van der Waals surface area contributed by atoms with Crippen molar-refractivity contribution in [2.24, 2.45) is 4.99 Å². The fourth-order valence-corrected chi connectivity index (χ4v) is 3.69. The van der Waals surface area contributed by atoms with E-state index < -0.39 is 0 Å². The first-order valence-corrected chi connectivity index (χ1v) is 11.2. The molecule has 2 aromatic rings. The first-order valence-electron chi connectivity index (χ1n) is 11.2. The second kappa shape index (κ2) is 11.5. The van der Waals surface area contributed by atoms with Gasteiger partial charge in [0, 0.05) is 31.5 Å². The maximum Gasteiger partial charge on any atom is 0.262 e. The molecule has 0 saturated carbocycles. The van der Waals surface area contributed by atoms with E-state index in [9.17, 15) is 4.79 Å². The van der Waals surface area contributed by atoms with Crippen LogP contribution in [0.4, 0.5) is 11.6 Å². The number of aromatic nitrogens is 4. The summed E-state index contributed by atoms with van der Waals surface area (Å²) in [5.74, 6) is 1.04. The average molecular weight is 452 g/mol. The zero-order valence-electron chi connectivity index (χ0n) is 19.8. The van der Waals surface area contributed by atoms with Crippen molar-refractivity contribution in [3.63, 3.8) is 0 Å². The van der Waals surface area contributed by atoms with E-state index >= 15 is 0 Å². The molecule has 1 saturated heterocycles. The number of aliphatic imine (C=N–C) groups is 1. The van der Waals surface area contributed by atoms with E-state index in [0.717, 1.165) is 37.3 Å². The van der Waals surface area contributed by atoms with Crippen molar-refractivity contribution in [1.82, 2.24) is 24.9 Å². The molecular weight excluding hydrogens is 418 g/mol. The van der Waals surface area contributed by atoms with E-state index in [4.69, 9.17) is 9.84 Å². The number of nitrogens with zero attached hydrogens (tertiary/aromatic N) is 5. The smallest absolute Gasteiger partial charge is 0.262 e. The standard InChI is InChI=1S/C24H33N7O2/c1-6-19(10-9-17(4)33-5)31-22(15-21(29-31)18-11-13-25-14-12-18)28-24(32)20-16-27-30(8-3)23(20)26-7-2/h6-10,15-18,25H,3,11-14H2,1-2,4-5H3,(H,28,32)/b10-9-,19-6+,26-7-.